The van der Waals surface area contributed by atoms with Crippen molar-refractivity contribution in [1.29, 1.82) is 0 Å². The first kappa shape index (κ1) is 17.4. The van der Waals surface area contributed by atoms with Crippen LogP contribution in [-0.2, 0) is 16.1 Å². The van der Waals surface area contributed by atoms with E-state index in [1.165, 1.54) is 18.4 Å². The van der Waals surface area contributed by atoms with Gasteiger partial charge in [-0.1, -0.05) is 18.2 Å². The highest BCUT2D eigenvalue weighted by Crippen LogP contribution is 2.40. The molecule has 2 aromatic rings. The van der Waals surface area contributed by atoms with Crippen LogP contribution in [0.15, 0.2) is 42.6 Å². The van der Waals surface area contributed by atoms with Gasteiger partial charge in [0.05, 0.1) is 13.0 Å². The second-order valence-electron chi connectivity index (χ2n) is 6.18. The van der Waals surface area contributed by atoms with Crippen molar-refractivity contribution in [3.05, 3.63) is 53.7 Å². The van der Waals surface area contributed by atoms with Crippen molar-refractivity contribution in [3.63, 3.8) is 0 Å². The van der Waals surface area contributed by atoms with Crippen molar-refractivity contribution >= 4 is 5.97 Å². The van der Waals surface area contributed by atoms with Crippen molar-refractivity contribution in [1.82, 2.24) is 10.3 Å². The highest BCUT2D eigenvalue weighted by atomic mass is 16.5. The number of benzene rings is 1. The molecule has 1 N–H and O–H groups in total. The molecule has 132 valence electrons. The molecular formula is C20H24N2O3. The van der Waals surface area contributed by atoms with Gasteiger partial charge in [0.1, 0.15) is 5.75 Å². The molecule has 0 radical (unpaired) electrons. The number of rotatable bonds is 9. The Morgan fingerprint density at radius 3 is 2.64 bits per heavy atom. The Morgan fingerprint density at radius 2 is 2.00 bits per heavy atom. The van der Waals surface area contributed by atoms with E-state index in [1.807, 2.05) is 31.2 Å². The highest BCUT2D eigenvalue weighted by Gasteiger charge is 2.23. The lowest BCUT2D eigenvalue weighted by Crippen LogP contribution is -2.19. The molecule has 1 aliphatic rings. The topological polar surface area (TPSA) is 60.5 Å². The van der Waals surface area contributed by atoms with Crippen LogP contribution in [0, 0.1) is 0 Å². The molecule has 1 heterocycles. The number of pyridine rings is 1. The van der Waals surface area contributed by atoms with Crippen LogP contribution >= 0.6 is 0 Å². The fraction of sp³-hybridized carbons (Fsp3) is 0.400. The highest BCUT2D eigenvalue weighted by molar-refractivity contribution is 5.69. The zero-order valence-corrected chi connectivity index (χ0v) is 14.5. The third-order valence-corrected chi connectivity index (χ3v) is 4.09. The van der Waals surface area contributed by atoms with Crippen molar-refractivity contribution in [2.45, 2.75) is 38.6 Å². The van der Waals surface area contributed by atoms with Crippen LogP contribution in [0.1, 0.15) is 43.2 Å². The third kappa shape index (κ3) is 5.57. The largest absolute Gasteiger partial charge is 0.466 e. The minimum absolute atomic E-state index is 0.176. The molecule has 1 aromatic heterocycles. The minimum atomic E-state index is -0.176. The molecule has 3 rings (SSSR count). The maximum absolute atomic E-state index is 11.2. The second-order valence-corrected chi connectivity index (χ2v) is 6.18. The summed E-state index contributed by atoms with van der Waals surface area (Å²) in [4.78, 5) is 15.6. The van der Waals surface area contributed by atoms with Gasteiger partial charge in [0, 0.05) is 25.4 Å². The molecule has 1 saturated carbocycles. The molecule has 0 bridgehead atoms. The van der Waals surface area contributed by atoms with E-state index < -0.39 is 0 Å². The normalized spacial score (nSPS) is 13.5. The average Bonchev–Trinajstić information content (AvgIpc) is 3.46. The molecule has 1 fully saturated rings. The second kappa shape index (κ2) is 8.62. The molecular weight excluding hydrogens is 316 g/mol. The number of carbonyl (C=O) groups is 1. The first-order chi connectivity index (χ1) is 12.2. The Balaban J connectivity index is 1.42. The molecule has 25 heavy (non-hydrogen) atoms. The number of hydrogen-bond acceptors (Lipinski definition) is 5. The Bertz CT molecular complexity index is 679. The summed E-state index contributed by atoms with van der Waals surface area (Å²) >= 11 is 0. The van der Waals surface area contributed by atoms with E-state index in [4.69, 9.17) is 9.47 Å². The third-order valence-electron chi connectivity index (χ3n) is 4.09. The van der Waals surface area contributed by atoms with E-state index >= 15 is 0 Å². The molecule has 0 amide bonds. The van der Waals surface area contributed by atoms with Gasteiger partial charge in [0.25, 0.3) is 0 Å². The fourth-order valence-corrected chi connectivity index (χ4v) is 2.58. The molecule has 0 spiro atoms. The van der Waals surface area contributed by atoms with Gasteiger partial charge < -0.3 is 14.8 Å². The lowest BCUT2D eigenvalue weighted by Gasteiger charge is -2.07. The summed E-state index contributed by atoms with van der Waals surface area (Å²) in [5.74, 6) is 1.96. The summed E-state index contributed by atoms with van der Waals surface area (Å²) in [6, 6.07) is 12.1. The van der Waals surface area contributed by atoms with Crippen LogP contribution in [0.5, 0.6) is 11.6 Å². The van der Waals surface area contributed by atoms with E-state index in [9.17, 15) is 4.79 Å². The quantitative estimate of drug-likeness (QED) is 0.556. The molecule has 0 aliphatic heterocycles. The number of aromatic nitrogens is 1. The van der Waals surface area contributed by atoms with Crippen molar-refractivity contribution in [3.8, 4) is 11.6 Å². The maximum Gasteiger partial charge on any atom is 0.307 e. The Morgan fingerprint density at radius 1 is 1.20 bits per heavy atom. The monoisotopic (exact) mass is 340 g/mol. The summed E-state index contributed by atoms with van der Waals surface area (Å²) in [6.07, 6.45) is 4.76. The molecule has 1 aromatic carbocycles. The Hall–Kier alpha value is -2.40. The van der Waals surface area contributed by atoms with Crippen LogP contribution in [0.2, 0.25) is 0 Å². The van der Waals surface area contributed by atoms with Crippen molar-refractivity contribution < 1.29 is 14.3 Å². The van der Waals surface area contributed by atoms with E-state index in [0.717, 1.165) is 17.2 Å². The summed E-state index contributed by atoms with van der Waals surface area (Å²) < 4.78 is 10.7. The summed E-state index contributed by atoms with van der Waals surface area (Å²) in [5.41, 5.74) is 2.44. The zero-order chi connectivity index (χ0) is 17.5. The number of carbonyl (C=O) groups excluding carboxylic acids is 1. The van der Waals surface area contributed by atoms with Crippen molar-refractivity contribution in [2.24, 2.45) is 0 Å². The van der Waals surface area contributed by atoms with Gasteiger partial charge in [0.15, 0.2) is 0 Å². The van der Waals surface area contributed by atoms with E-state index in [-0.39, 0.29) is 5.97 Å². The van der Waals surface area contributed by atoms with Gasteiger partial charge >= 0.3 is 5.97 Å². The minimum Gasteiger partial charge on any atom is -0.466 e. The van der Waals surface area contributed by atoms with Gasteiger partial charge in [-0.05, 0) is 48.9 Å². The SMILES string of the molecule is CCOC(=O)CCNCc1ccc(Oc2ccc(C3CC3)cc2)nc1. The van der Waals surface area contributed by atoms with Gasteiger partial charge in [-0.2, -0.15) is 0 Å². The Labute approximate surface area is 148 Å². The fourth-order valence-electron chi connectivity index (χ4n) is 2.58. The molecule has 0 saturated heterocycles. The van der Waals surface area contributed by atoms with Crippen molar-refractivity contribution in [2.75, 3.05) is 13.2 Å². The molecule has 5 nitrogen and oxygen atoms in total. The number of nitrogens with zero attached hydrogens (tertiary/aromatic N) is 1. The van der Waals surface area contributed by atoms with Crippen LogP contribution < -0.4 is 10.1 Å². The average molecular weight is 340 g/mol. The lowest BCUT2D eigenvalue weighted by atomic mass is 10.1. The molecule has 1 aliphatic carbocycles. The zero-order valence-electron chi connectivity index (χ0n) is 14.5. The number of esters is 1. The maximum atomic E-state index is 11.2. The van der Waals surface area contributed by atoms with E-state index in [1.54, 1.807) is 6.20 Å². The Kier molecular flexibility index (Phi) is 6.01. The first-order valence-corrected chi connectivity index (χ1v) is 8.83. The number of hydrogen-bond donors (Lipinski definition) is 1. The number of nitrogens with one attached hydrogen (secondary N) is 1. The van der Waals surface area contributed by atoms with Gasteiger partial charge in [-0.15, -0.1) is 0 Å². The standard InChI is InChI=1S/C20H24N2O3/c1-2-24-20(23)11-12-21-13-15-3-10-19(22-14-15)25-18-8-6-17(7-9-18)16-4-5-16/h3,6-10,14,16,21H,2,4-5,11-13H2,1H3. The number of ether oxygens (including phenoxy) is 2. The van der Waals surface area contributed by atoms with E-state index in [0.29, 0.717) is 32.0 Å². The van der Waals surface area contributed by atoms with Gasteiger partial charge in [-0.3, -0.25) is 4.79 Å². The first-order valence-electron chi connectivity index (χ1n) is 8.83. The summed E-state index contributed by atoms with van der Waals surface area (Å²) in [5, 5.41) is 3.20. The summed E-state index contributed by atoms with van der Waals surface area (Å²) in [6.45, 7) is 3.48. The predicted octanol–water partition coefficient (Wildman–Crippen LogP) is 3.79. The van der Waals surface area contributed by atoms with E-state index in [2.05, 4.69) is 22.4 Å². The smallest absolute Gasteiger partial charge is 0.307 e. The van der Waals surface area contributed by atoms with Gasteiger partial charge in [0.2, 0.25) is 5.88 Å². The molecule has 0 unspecified atom stereocenters. The lowest BCUT2D eigenvalue weighted by molar-refractivity contribution is -0.142. The van der Waals surface area contributed by atoms with Crippen LogP contribution in [0.3, 0.4) is 0 Å². The van der Waals surface area contributed by atoms with Crippen LogP contribution in [0.25, 0.3) is 0 Å². The molecule has 0 atom stereocenters. The predicted molar refractivity (Wildman–Crippen MR) is 95.7 cm³/mol. The van der Waals surface area contributed by atoms with Gasteiger partial charge in [-0.25, -0.2) is 4.98 Å². The summed E-state index contributed by atoms with van der Waals surface area (Å²) in [7, 11) is 0. The van der Waals surface area contributed by atoms with Crippen LogP contribution in [0.4, 0.5) is 0 Å². The molecule has 5 heteroatoms. The van der Waals surface area contributed by atoms with Crippen LogP contribution in [-0.4, -0.2) is 24.1 Å².